The van der Waals surface area contributed by atoms with Gasteiger partial charge in [0.2, 0.25) is 5.82 Å². The molecule has 1 aliphatic heterocycles. The summed E-state index contributed by atoms with van der Waals surface area (Å²) >= 11 is 3.16. The number of hydrogen-bond donors (Lipinski definition) is 1. The van der Waals surface area contributed by atoms with Crippen LogP contribution in [0.2, 0.25) is 0 Å². The maximum Gasteiger partial charge on any atom is 0.326 e. The van der Waals surface area contributed by atoms with E-state index in [0.29, 0.717) is 28.7 Å². The minimum atomic E-state index is -0.484. The van der Waals surface area contributed by atoms with Gasteiger partial charge >= 0.3 is 6.03 Å². The molecule has 5 rings (SSSR count). The lowest BCUT2D eigenvalue weighted by Crippen LogP contribution is -2.46. The Labute approximate surface area is 198 Å². The highest BCUT2D eigenvalue weighted by Crippen LogP contribution is 2.39. The van der Waals surface area contributed by atoms with Gasteiger partial charge in [0, 0.05) is 10.6 Å². The third-order valence-corrected chi connectivity index (χ3v) is 7.03. The number of thioether (sulfide) groups is 1. The predicted molar refractivity (Wildman–Crippen MR) is 129 cm³/mol. The first-order valence-electron chi connectivity index (χ1n) is 10.1. The van der Waals surface area contributed by atoms with Gasteiger partial charge in [0.1, 0.15) is 5.82 Å². The fraction of sp³-hybridized carbons (Fsp3) is 0.125. The molecule has 2 aromatic carbocycles. The van der Waals surface area contributed by atoms with Gasteiger partial charge in [-0.1, -0.05) is 23.4 Å². The van der Waals surface area contributed by atoms with Crippen molar-refractivity contribution in [2.45, 2.75) is 17.9 Å². The number of rotatable bonds is 5. The Hall–Kier alpha value is -3.43. The molecule has 0 saturated heterocycles. The smallest absolute Gasteiger partial charge is 0.326 e. The van der Waals surface area contributed by atoms with Crippen LogP contribution in [0.25, 0.3) is 16.3 Å². The Morgan fingerprint density at radius 1 is 1.12 bits per heavy atom. The zero-order valence-corrected chi connectivity index (χ0v) is 19.4. The Kier molecular flexibility index (Phi) is 5.74. The lowest BCUT2D eigenvalue weighted by molar-refractivity contribution is 0.244. The topological polar surface area (TPSA) is 71.3 Å². The monoisotopic (exact) mass is 478 g/mol. The van der Waals surface area contributed by atoms with E-state index in [1.165, 1.54) is 28.4 Å². The Morgan fingerprint density at radius 3 is 2.55 bits per heavy atom. The number of benzene rings is 2. The summed E-state index contributed by atoms with van der Waals surface area (Å²) in [4.78, 5) is 21.3. The molecule has 0 fully saturated rings. The van der Waals surface area contributed by atoms with Crippen LogP contribution >= 0.6 is 23.1 Å². The molecule has 0 bridgehead atoms. The van der Waals surface area contributed by atoms with Crippen molar-refractivity contribution in [3.63, 3.8) is 0 Å². The number of nitrogens with zero attached hydrogens (tertiary/aromatic N) is 3. The zero-order chi connectivity index (χ0) is 22.9. The van der Waals surface area contributed by atoms with Gasteiger partial charge in [-0.3, -0.25) is 4.90 Å². The molecule has 3 heterocycles. The van der Waals surface area contributed by atoms with Gasteiger partial charge in [-0.2, -0.15) is 4.98 Å². The Morgan fingerprint density at radius 2 is 1.88 bits per heavy atom. The average Bonchev–Trinajstić information content (AvgIpc) is 3.52. The second kappa shape index (κ2) is 8.84. The quantitative estimate of drug-likeness (QED) is 0.338. The van der Waals surface area contributed by atoms with Crippen LogP contribution in [-0.4, -0.2) is 22.4 Å². The van der Waals surface area contributed by atoms with Crippen LogP contribution in [0.5, 0.6) is 0 Å². The fourth-order valence-corrected chi connectivity index (χ4v) is 4.86. The van der Waals surface area contributed by atoms with Crippen LogP contribution in [0.15, 0.2) is 81.2 Å². The predicted octanol–water partition coefficient (Wildman–Crippen LogP) is 6.36. The molecule has 1 aliphatic rings. The minimum absolute atomic E-state index is 0.320. The van der Waals surface area contributed by atoms with Gasteiger partial charge in [-0.05, 0) is 66.6 Å². The number of hydrogen-bond acceptors (Lipinski definition) is 6. The summed E-state index contributed by atoms with van der Waals surface area (Å²) in [6, 6.07) is 16.8. The van der Waals surface area contributed by atoms with E-state index in [9.17, 15) is 9.18 Å². The average molecular weight is 479 g/mol. The first-order chi connectivity index (χ1) is 16.0. The number of carbonyl (C=O) groups is 1. The number of urea groups is 1. The maximum absolute atomic E-state index is 13.5. The summed E-state index contributed by atoms with van der Waals surface area (Å²) in [5.41, 5.74) is 2.75. The van der Waals surface area contributed by atoms with Gasteiger partial charge in [0.05, 0.1) is 22.2 Å². The molecule has 2 amide bonds. The lowest BCUT2D eigenvalue weighted by Gasteiger charge is -2.35. The Balaban J connectivity index is 1.64. The van der Waals surface area contributed by atoms with Crippen molar-refractivity contribution in [1.29, 1.82) is 0 Å². The first-order valence-corrected chi connectivity index (χ1v) is 12.2. The van der Waals surface area contributed by atoms with E-state index in [4.69, 9.17) is 4.52 Å². The van der Waals surface area contributed by atoms with Crippen molar-refractivity contribution in [3.8, 4) is 10.7 Å². The Bertz CT molecular complexity index is 1320. The minimum Gasteiger partial charge on any atom is -0.334 e. The van der Waals surface area contributed by atoms with Crippen molar-refractivity contribution in [2.24, 2.45) is 0 Å². The SMILES string of the molecule is CSc1ccc(C2NC(=O)N(c3ccc(F)cc3)C(C)=C2c2nc(-c3cccs3)no2)cc1. The van der Waals surface area contributed by atoms with Gasteiger partial charge in [0.25, 0.3) is 5.89 Å². The van der Waals surface area contributed by atoms with Crippen molar-refractivity contribution in [1.82, 2.24) is 15.5 Å². The number of amides is 2. The van der Waals surface area contributed by atoms with Crippen LogP contribution in [-0.2, 0) is 0 Å². The van der Waals surface area contributed by atoms with Crippen molar-refractivity contribution < 1.29 is 13.7 Å². The number of carbonyl (C=O) groups excluding carboxylic acids is 1. The van der Waals surface area contributed by atoms with E-state index in [0.717, 1.165) is 15.3 Å². The van der Waals surface area contributed by atoms with Gasteiger partial charge in [0.15, 0.2) is 0 Å². The molecule has 0 saturated carbocycles. The molecule has 0 radical (unpaired) electrons. The van der Waals surface area contributed by atoms with Crippen molar-refractivity contribution >= 4 is 40.4 Å². The molecule has 0 spiro atoms. The van der Waals surface area contributed by atoms with Crippen LogP contribution in [0.3, 0.4) is 0 Å². The molecule has 1 unspecified atom stereocenters. The fourth-order valence-electron chi connectivity index (χ4n) is 3.81. The molecule has 166 valence electrons. The molecule has 6 nitrogen and oxygen atoms in total. The second-order valence-electron chi connectivity index (χ2n) is 7.37. The van der Waals surface area contributed by atoms with E-state index in [-0.39, 0.29) is 11.8 Å². The summed E-state index contributed by atoms with van der Waals surface area (Å²) in [7, 11) is 0. The molecular weight excluding hydrogens is 459 g/mol. The van der Waals surface area contributed by atoms with Crippen LogP contribution in [0.1, 0.15) is 24.4 Å². The molecule has 2 aromatic heterocycles. The summed E-state index contributed by atoms with van der Waals surface area (Å²) in [6.45, 7) is 1.83. The highest BCUT2D eigenvalue weighted by molar-refractivity contribution is 7.98. The summed E-state index contributed by atoms with van der Waals surface area (Å²) in [5, 5.41) is 9.17. The number of aromatic nitrogens is 2. The largest absolute Gasteiger partial charge is 0.334 e. The molecular formula is C24H19FN4O2S2. The highest BCUT2D eigenvalue weighted by atomic mass is 32.2. The van der Waals surface area contributed by atoms with Crippen LogP contribution < -0.4 is 10.2 Å². The zero-order valence-electron chi connectivity index (χ0n) is 17.8. The van der Waals surface area contributed by atoms with Gasteiger partial charge < -0.3 is 9.84 Å². The molecule has 9 heteroatoms. The van der Waals surface area contributed by atoms with Crippen molar-refractivity contribution in [2.75, 3.05) is 11.2 Å². The molecule has 33 heavy (non-hydrogen) atoms. The normalized spacial score (nSPS) is 16.3. The molecule has 4 aromatic rings. The van der Waals surface area contributed by atoms with E-state index >= 15 is 0 Å². The number of thiophene rings is 1. The van der Waals surface area contributed by atoms with Gasteiger partial charge in [-0.15, -0.1) is 23.1 Å². The first kappa shape index (κ1) is 21.4. The number of allylic oxidation sites excluding steroid dienone is 1. The standard InChI is InChI=1S/C24H19FN4O2S2/c1-14-20(23-27-22(28-31-23)19-4-3-13-33-19)21(15-5-11-18(32-2)12-6-15)26-24(30)29(14)17-9-7-16(25)8-10-17/h3-13,21H,1-2H3,(H,26,30). The number of anilines is 1. The molecule has 1 atom stereocenters. The number of halogens is 1. The molecule has 0 aliphatic carbocycles. The third kappa shape index (κ3) is 4.05. The highest BCUT2D eigenvalue weighted by Gasteiger charge is 2.36. The second-order valence-corrected chi connectivity index (χ2v) is 9.19. The van der Waals surface area contributed by atoms with E-state index in [1.807, 2.05) is 55.0 Å². The summed E-state index contributed by atoms with van der Waals surface area (Å²) in [6.07, 6.45) is 2.01. The number of nitrogens with one attached hydrogen (secondary N) is 1. The third-order valence-electron chi connectivity index (χ3n) is 5.42. The van der Waals surface area contributed by atoms with Crippen LogP contribution in [0.4, 0.5) is 14.9 Å². The summed E-state index contributed by atoms with van der Waals surface area (Å²) < 4.78 is 19.2. The van der Waals surface area contributed by atoms with E-state index in [1.54, 1.807) is 23.9 Å². The summed E-state index contributed by atoms with van der Waals surface area (Å²) in [5.74, 6) is 0.436. The van der Waals surface area contributed by atoms with E-state index < -0.39 is 6.04 Å². The van der Waals surface area contributed by atoms with Crippen molar-refractivity contribution in [3.05, 3.63) is 89.0 Å². The van der Waals surface area contributed by atoms with Gasteiger partial charge in [-0.25, -0.2) is 9.18 Å². The van der Waals surface area contributed by atoms with Crippen LogP contribution in [0, 0.1) is 5.82 Å². The lowest BCUT2D eigenvalue weighted by atomic mass is 9.94. The molecule has 1 N–H and O–H groups in total. The van der Waals surface area contributed by atoms with E-state index in [2.05, 4.69) is 15.5 Å². The maximum atomic E-state index is 13.5.